The monoisotopic (exact) mass is 236 g/mol. The van der Waals surface area contributed by atoms with Crippen LogP contribution in [0.5, 0.6) is 0 Å². The molecule has 1 aliphatic heterocycles. The molecule has 1 rings (SSSR count). The van der Waals surface area contributed by atoms with Crippen molar-refractivity contribution in [2.24, 2.45) is 5.92 Å². The van der Waals surface area contributed by atoms with Crippen LogP contribution in [0.2, 0.25) is 0 Å². The third-order valence-corrected chi connectivity index (χ3v) is 2.81. The lowest BCUT2D eigenvalue weighted by Crippen LogP contribution is -2.60. The van der Waals surface area contributed by atoms with Crippen LogP contribution >= 0.6 is 0 Å². The highest BCUT2D eigenvalue weighted by Crippen LogP contribution is 2.25. The number of carboxylic acid groups (broad SMARTS) is 1. The van der Waals surface area contributed by atoms with Gasteiger partial charge >= 0.3 is 5.97 Å². The molecule has 7 nitrogen and oxygen atoms in total. The fourth-order valence-electron chi connectivity index (χ4n) is 1.68. The molecule has 0 aromatic heterocycles. The Morgan fingerprint density at radius 2 is 1.81 bits per heavy atom. The highest BCUT2D eigenvalue weighted by Gasteiger charge is 2.46. The predicted octanol–water partition coefficient (Wildman–Crippen LogP) is -2.45. The molecule has 1 fully saturated rings. The molecule has 7 heteroatoms. The zero-order valence-electron chi connectivity index (χ0n) is 8.72. The van der Waals surface area contributed by atoms with Gasteiger partial charge in [-0.3, -0.25) is 4.79 Å². The van der Waals surface area contributed by atoms with Gasteiger partial charge in [-0.25, -0.2) is 0 Å². The zero-order chi connectivity index (χ0) is 12.5. The van der Waals surface area contributed by atoms with E-state index in [1.165, 1.54) is 6.92 Å². The molecule has 16 heavy (non-hydrogen) atoms. The van der Waals surface area contributed by atoms with Gasteiger partial charge in [-0.2, -0.15) is 0 Å². The largest absolute Gasteiger partial charge is 0.481 e. The Labute approximate surface area is 91.9 Å². The van der Waals surface area contributed by atoms with E-state index in [0.717, 1.165) is 0 Å². The van der Waals surface area contributed by atoms with Gasteiger partial charge in [0.2, 0.25) is 0 Å². The number of aliphatic carboxylic acids is 1. The third-order valence-electron chi connectivity index (χ3n) is 2.81. The van der Waals surface area contributed by atoms with Crippen LogP contribution in [0.4, 0.5) is 0 Å². The number of aliphatic hydroxyl groups excluding tert-OH is 4. The van der Waals surface area contributed by atoms with E-state index in [2.05, 4.69) is 0 Å². The first kappa shape index (κ1) is 13.3. The lowest BCUT2D eigenvalue weighted by atomic mass is 9.89. The van der Waals surface area contributed by atoms with E-state index in [-0.39, 0.29) is 0 Å². The molecule has 0 aliphatic carbocycles. The van der Waals surface area contributed by atoms with E-state index < -0.39 is 49.0 Å². The Morgan fingerprint density at radius 3 is 2.25 bits per heavy atom. The standard InChI is InChI=1S/C9H16O7/c1-3(9(14)15)8-7(13)6(12)5(11)4(2-10)16-8/h3-8,10-13H,2H2,1H3,(H,14,15)/t3-,4+,5+,6-,7-,8+/m0/s1. The smallest absolute Gasteiger partial charge is 0.308 e. The normalized spacial score (nSPS) is 41.7. The molecular formula is C9H16O7. The van der Waals surface area contributed by atoms with Crippen LogP contribution in [0.1, 0.15) is 6.92 Å². The number of rotatable bonds is 3. The minimum atomic E-state index is -1.53. The molecule has 0 aromatic rings. The Balaban J connectivity index is 2.82. The average molecular weight is 236 g/mol. The number of aliphatic hydroxyl groups is 4. The van der Waals surface area contributed by atoms with Crippen LogP contribution in [0, 0.1) is 5.92 Å². The van der Waals surface area contributed by atoms with Gasteiger partial charge in [0.15, 0.2) is 0 Å². The maximum atomic E-state index is 10.7. The molecule has 94 valence electrons. The van der Waals surface area contributed by atoms with Gasteiger partial charge in [-0.05, 0) is 6.92 Å². The van der Waals surface area contributed by atoms with Crippen LogP contribution in [0.15, 0.2) is 0 Å². The van der Waals surface area contributed by atoms with Gasteiger partial charge < -0.3 is 30.3 Å². The molecule has 5 N–H and O–H groups in total. The van der Waals surface area contributed by atoms with Crippen LogP contribution in [0.25, 0.3) is 0 Å². The Kier molecular flexibility index (Phi) is 4.22. The van der Waals surface area contributed by atoms with Crippen molar-refractivity contribution >= 4 is 5.97 Å². The number of hydrogen-bond donors (Lipinski definition) is 5. The average Bonchev–Trinajstić information content (AvgIpc) is 2.25. The SMILES string of the molecule is C[C@H](C(=O)O)[C@H]1O[C@H](CO)[C@@H](O)[C@H](O)[C@@H]1O. The highest BCUT2D eigenvalue weighted by molar-refractivity contribution is 5.70. The molecule has 0 radical (unpaired) electrons. The van der Waals surface area contributed by atoms with Crippen molar-refractivity contribution in [3.8, 4) is 0 Å². The maximum absolute atomic E-state index is 10.7. The third kappa shape index (κ3) is 2.33. The molecule has 0 unspecified atom stereocenters. The summed E-state index contributed by atoms with van der Waals surface area (Å²) in [6, 6.07) is 0. The number of carbonyl (C=O) groups is 1. The van der Waals surface area contributed by atoms with Crippen molar-refractivity contribution in [1.29, 1.82) is 0 Å². The van der Waals surface area contributed by atoms with Crippen molar-refractivity contribution in [2.45, 2.75) is 37.4 Å². The van der Waals surface area contributed by atoms with E-state index in [1.54, 1.807) is 0 Å². The topological polar surface area (TPSA) is 127 Å². The minimum absolute atomic E-state index is 0.562. The first-order valence-electron chi connectivity index (χ1n) is 4.93. The van der Waals surface area contributed by atoms with E-state index in [9.17, 15) is 20.1 Å². The van der Waals surface area contributed by atoms with Crippen LogP contribution in [-0.4, -0.2) is 68.6 Å². The fourth-order valence-corrected chi connectivity index (χ4v) is 1.68. The second-order valence-corrected chi connectivity index (χ2v) is 3.92. The molecule has 1 saturated heterocycles. The summed E-state index contributed by atoms with van der Waals surface area (Å²) in [7, 11) is 0. The Morgan fingerprint density at radius 1 is 1.25 bits per heavy atom. The van der Waals surface area contributed by atoms with Crippen molar-refractivity contribution in [2.75, 3.05) is 6.61 Å². The molecule has 1 heterocycles. The van der Waals surface area contributed by atoms with E-state index in [4.69, 9.17) is 14.9 Å². The van der Waals surface area contributed by atoms with Crippen LogP contribution in [-0.2, 0) is 9.53 Å². The summed E-state index contributed by atoms with van der Waals surface area (Å²) in [4.78, 5) is 10.7. The number of ether oxygens (including phenoxy) is 1. The Hall–Kier alpha value is -0.730. The lowest BCUT2D eigenvalue weighted by Gasteiger charge is -2.41. The van der Waals surface area contributed by atoms with Crippen LogP contribution < -0.4 is 0 Å². The molecule has 1 aliphatic rings. The maximum Gasteiger partial charge on any atom is 0.308 e. The van der Waals surface area contributed by atoms with Gasteiger partial charge in [0.1, 0.15) is 24.4 Å². The van der Waals surface area contributed by atoms with E-state index in [0.29, 0.717) is 0 Å². The van der Waals surface area contributed by atoms with Crippen LogP contribution in [0.3, 0.4) is 0 Å². The first-order chi connectivity index (χ1) is 7.40. The lowest BCUT2D eigenvalue weighted by molar-refractivity contribution is -0.240. The zero-order valence-corrected chi connectivity index (χ0v) is 8.72. The summed E-state index contributed by atoms with van der Waals surface area (Å²) in [5.74, 6) is -2.24. The minimum Gasteiger partial charge on any atom is -0.481 e. The molecular weight excluding hydrogens is 220 g/mol. The second-order valence-electron chi connectivity index (χ2n) is 3.92. The molecule has 0 saturated carbocycles. The van der Waals surface area contributed by atoms with Gasteiger partial charge in [0.05, 0.1) is 18.6 Å². The Bertz CT molecular complexity index is 254. The summed E-state index contributed by atoms with van der Waals surface area (Å²) in [6.07, 6.45) is -6.71. The van der Waals surface area contributed by atoms with Gasteiger partial charge in [-0.15, -0.1) is 0 Å². The highest BCUT2D eigenvalue weighted by atomic mass is 16.5. The van der Waals surface area contributed by atoms with Crippen molar-refractivity contribution in [3.63, 3.8) is 0 Å². The molecule has 0 bridgehead atoms. The van der Waals surface area contributed by atoms with E-state index in [1.807, 2.05) is 0 Å². The quantitative estimate of drug-likeness (QED) is 0.368. The van der Waals surface area contributed by atoms with Gasteiger partial charge in [0, 0.05) is 0 Å². The summed E-state index contributed by atoms with van der Waals surface area (Å²) in [5, 5.41) is 46.1. The summed E-state index contributed by atoms with van der Waals surface area (Å²) in [6.45, 7) is 0.753. The van der Waals surface area contributed by atoms with E-state index >= 15 is 0 Å². The first-order valence-corrected chi connectivity index (χ1v) is 4.93. The summed E-state index contributed by atoms with van der Waals surface area (Å²) >= 11 is 0. The molecule has 0 amide bonds. The molecule has 0 aromatic carbocycles. The molecule has 0 spiro atoms. The van der Waals surface area contributed by atoms with Gasteiger partial charge in [-0.1, -0.05) is 0 Å². The molecule has 6 atom stereocenters. The van der Waals surface area contributed by atoms with Crippen molar-refractivity contribution < 1.29 is 35.1 Å². The van der Waals surface area contributed by atoms with Crippen molar-refractivity contribution in [3.05, 3.63) is 0 Å². The van der Waals surface area contributed by atoms with Crippen molar-refractivity contribution in [1.82, 2.24) is 0 Å². The fraction of sp³-hybridized carbons (Fsp3) is 0.889. The van der Waals surface area contributed by atoms with Gasteiger partial charge in [0.25, 0.3) is 0 Å². The summed E-state index contributed by atoms with van der Waals surface area (Å²) in [5.41, 5.74) is 0. The number of hydrogen-bond acceptors (Lipinski definition) is 6. The predicted molar refractivity (Wildman–Crippen MR) is 50.6 cm³/mol. The summed E-state index contributed by atoms with van der Waals surface area (Å²) < 4.78 is 5.06. The second kappa shape index (κ2) is 5.07. The number of carboxylic acids is 1.